The third kappa shape index (κ3) is 6.12. The van der Waals surface area contributed by atoms with Crippen molar-refractivity contribution < 1.29 is 9.53 Å². The molecule has 0 atom stereocenters. The van der Waals surface area contributed by atoms with Crippen LogP contribution in [0, 0.1) is 6.92 Å². The molecule has 0 fully saturated rings. The van der Waals surface area contributed by atoms with Crippen LogP contribution in [0.3, 0.4) is 0 Å². The Kier molecular flexibility index (Phi) is 6.83. The van der Waals surface area contributed by atoms with Gasteiger partial charge in [0.1, 0.15) is 5.75 Å². The van der Waals surface area contributed by atoms with Gasteiger partial charge < -0.3 is 20.3 Å². The van der Waals surface area contributed by atoms with Gasteiger partial charge in [-0.3, -0.25) is 0 Å². The zero-order valence-electron chi connectivity index (χ0n) is 15.4. The highest BCUT2D eigenvalue weighted by atomic mass is 16.5. The molecule has 134 valence electrons. The van der Waals surface area contributed by atoms with Crippen molar-refractivity contribution in [3.05, 3.63) is 59.2 Å². The van der Waals surface area contributed by atoms with E-state index < -0.39 is 0 Å². The summed E-state index contributed by atoms with van der Waals surface area (Å²) in [6.07, 6.45) is 0. The third-order valence-corrected chi connectivity index (χ3v) is 3.63. The standard InChI is InChI=1S/C20H27N3O2/c1-5-25-19-11-15(2)9-10-18(19)22-20(24)21-13-16-7-6-8-17(12-16)14-23(3)4/h6-12H,5,13-14H2,1-4H3,(H2,21,22,24). The van der Waals surface area contributed by atoms with Gasteiger partial charge in [0.05, 0.1) is 12.3 Å². The van der Waals surface area contributed by atoms with Crippen molar-refractivity contribution in [1.82, 2.24) is 10.2 Å². The lowest BCUT2D eigenvalue weighted by Crippen LogP contribution is -2.28. The minimum absolute atomic E-state index is 0.247. The fraction of sp³-hybridized carbons (Fsp3) is 0.350. The number of carbonyl (C=O) groups excluding carboxylic acids is 1. The van der Waals surface area contributed by atoms with E-state index in [0.29, 0.717) is 24.6 Å². The first-order valence-electron chi connectivity index (χ1n) is 8.48. The van der Waals surface area contributed by atoms with Gasteiger partial charge in [-0.1, -0.05) is 30.3 Å². The fourth-order valence-corrected chi connectivity index (χ4v) is 2.56. The second-order valence-corrected chi connectivity index (χ2v) is 6.30. The average Bonchev–Trinajstić information content (AvgIpc) is 2.55. The number of carbonyl (C=O) groups is 1. The van der Waals surface area contributed by atoms with Crippen molar-refractivity contribution in [2.24, 2.45) is 0 Å². The summed E-state index contributed by atoms with van der Waals surface area (Å²) in [5.41, 5.74) is 4.06. The molecule has 0 saturated heterocycles. The highest BCUT2D eigenvalue weighted by Gasteiger charge is 2.08. The first-order chi connectivity index (χ1) is 12.0. The molecule has 0 unspecified atom stereocenters. The minimum atomic E-state index is -0.247. The van der Waals surface area contributed by atoms with E-state index in [9.17, 15) is 4.79 Å². The number of rotatable bonds is 7. The van der Waals surface area contributed by atoms with Gasteiger partial charge in [-0.25, -0.2) is 4.79 Å². The normalized spacial score (nSPS) is 10.6. The molecule has 0 bridgehead atoms. The lowest BCUT2D eigenvalue weighted by Gasteiger charge is -2.14. The molecule has 0 spiro atoms. The summed E-state index contributed by atoms with van der Waals surface area (Å²) in [6.45, 7) is 5.82. The van der Waals surface area contributed by atoms with Gasteiger partial charge in [0.15, 0.2) is 0 Å². The van der Waals surface area contributed by atoms with Crippen LogP contribution in [0.2, 0.25) is 0 Å². The van der Waals surface area contributed by atoms with E-state index in [0.717, 1.165) is 17.7 Å². The van der Waals surface area contributed by atoms with Crippen molar-refractivity contribution >= 4 is 11.7 Å². The number of aryl methyl sites for hydroxylation is 1. The number of hydrogen-bond acceptors (Lipinski definition) is 3. The maximum atomic E-state index is 12.2. The van der Waals surface area contributed by atoms with Crippen LogP contribution in [-0.4, -0.2) is 31.6 Å². The first kappa shape index (κ1) is 18.8. The highest BCUT2D eigenvalue weighted by Crippen LogP contribution is 2.25. The number of hydrogen-bond donors (Lipinski definition) is 2. The summed E-state index contributed by atoms with van der Waals surface area (Å²) < 4.78 is 5.59. The molecule has 2 aromatic carbocycles. The Bertz CT molecular complexity index is 714. The zero-order valence-corrected chi connectivity index (χ0v) is 15.4. The smallest absolute Gasteiger partial charge is 0.319 e. The lowest BCUT2D eigenvalue weighted by molar-refractivity contribution is 0.251. The topological polar surface area (TPSA) is 53.6 Å². The lowest BCUT2D eigenvalue weighted by atomic mass is 10.1. The van der Waals surface area contributed by atoms with E-state index in [1.807, 2.05) is 58.3 Å². The Morgan fingerprint density at radius 2 is 1.88 bits per heavy atom. The van der Waals surface area contributed by atoms with Crippen LogP contribution in [0.1, 0.15) is 23.6 Å². The summed E-state index contributed by atoms with van der Waals surface area (Å²) in [6, 6.07) is 13.7. The summed E-state index contributed by atoms with van der Waals surface area (Å²) >= 11 is 0. The highest BCUT2D eigenvalue weighted by molar-refractivity contribution is 5.90. The summed E-state index contributed by atoms with van der Waals surface area (Å²) in [5.74, 6) is 0.686. The van der Waals surface area contributed by atoms with Crippen LogP contribution in [0.5, 0.6) is 5.75 Å². The molecule has 25 heavy (non-hydrogen) atoms. The van der Waals surface area contributed by atoms with Gasteiger partial charge in [0.2, 0.25) is 0 Å². The van der Waals surface area contributed by atoms with Crippen molar-refractivity contribution in [2.75, 3.05) is 26.0 Å². The average molecular weight is 341 g/mol. The molecular formula is C20H27N3O2. The van der Waals surface area contributed by atoms with E-state index >= 15 is 0 Å². The van der Waals surface area contributed by atoms with Gasteiger partial charge in [-0.05, 0) is 56.8 Å². The Labute approximate surface area is 150 Å². The van der Waals surface area contributed by atoms with Gasteiger partial charge in [-0.2, -0.15) is 0 Å². The number of nitrogens with zero attached hydrogens (tertiary/aromatic N) is 1. The Balaban J connectivity index is 1.95. The SMILES string of the molecule is CCOc1cc(C)ccc1NC(=O)NCc1cccc(CN(C)C)c1. The number of amides is 2. The van der Waals surface area contributed by atoms with Crippen LogP contribution in [0.4, 0.5) is 10.5 Å². The van der Waals surface area contributed by atoms with Crippen LogP contribution in [-0.2, 0) is 13.1 Å². The Morgan fingerprint density at radius 1 is 1.12 bits per heavy atom. The fourth-order valence-electron chi connectivity index (χ4n) is 2.56. The Morgan fingerprint density at radius 3 is 2.60 bits per heavy atom. The number of anilines is 1. The van der Waals surface area contributed by atoms with Crippen molar-refractivity contribution in [3.8, 4) is 5.75 Å². The second kappa shape index (κ2) is 9.08. The number of urea groups is 1. The van der Waals surface area contributed by atoms with E-state index in [4.69, 9.17) is 4.74 Å². The summed E-state index contributed by atoms with van der Waals surface area (Å²) in [7, 11) is 4.08. The van der Waals surface area contributed by atoms with E-state index in [1.54, 1.807) is 0 Å². The van der Waals surface area contributed by atoms with Crippen LogP contribution >= 0.6 is 0 Å². The number of benzene rings is 2. The van der Waals surface area contributed by atoms with Crippen molar-refractivity contribution in [2.45, 2.75) is 26.9 Å². The molecule has 2 amide bonds. The van der Waals surface area contributed by atoms with Gasteiger partial charge >= 0.3 is 6.03 Å². The molecule has 0 aliphatic heterocycles. The van der Waals surface area contributed by atoms with Crippen molar-refractivity contribution in [3.63, 3.8) is 0 Å². The molecule has 0 aliphatic rings. The van der Waals surface area contributed by atoms with E-state index in [-0.39, 0.29) is 6.03 Å². The molecule has 0 radical (unpaired) electrons. The van der Waals surface area contributed by atoms with Gasteiger partial charge in [0, 0.05) is 13.1 Å². The monoisotopic (exact) mass is 341 g/mol. The minimum Gasteiger partial charge on any atom is -0.492 e. The molecule has 2 N–H and O–H groups in total. The van der Waals surface area contributed by atoms with Crippen molar-refractivity contribution in [1.29, 1.82) is 0 Å². The molecule has 0 aliphatic carbocycles. The van der Waals surface area contributed by atoms with Gasteiger partial charge in [-0.15, -0.1) is 0 Å². The zero-order chi connectivity index (χ0) is 18.2. The molecular weight excluding hydrogens is 314 g/mol. The molecule has 0 saturated carbocycles. The molecule has 0 aromatic heterocycles. The largest absolute Gasteiger partial charge is 0.492 e. The molecule has 2 rings (SSSR count). The van der Waals surface area contributed by atoms with Gasteiger partial charge in [0.25, 0.3) is 0 Å². The van der Waals surface area contributed by atoms with E-state index in [2.05, 4.69) is 27.7 Å². The molecule has 0 heterocycles. The number of ether oxygens (including phenoxy) is 1. The van der Waals surface area contributed by atoms with Crippen LogP contribution < -0.4 is 15.4 Å². The summed E-state index contributed by atoms with van der Waals surface area (Å²) in [5, 5.41) is 5.75. The Hall–Kier alpha value is -2.53. The summed E-state index contributed by atoms with van der Waals surface area (Å²) in [4.78, 5) is 14.3. The van der Waals surface area contributed by atoms with E-state index in [1.165, 1.54) is 5.56 Å². The molecule has 5 nitrogen and oxygen atoms in total. The second-order valence-electron chi connectivity index (χ2n) is 6.30. The predicted molar refractivity (Wildman–Crippen MR) is 102 cm³/mol. The maximum absolute atomic E-state index is 12.2. The predicted octanol–water partition coefficient (Wildman–Crippen LogP) is 3.78. The number of nitrogens with one attached hydrogen (secondary N) is 2. The molecule has 5 heteroatoms. The molecule has 2 aromatic rings. The quantitative estimate of drug-likeness (QED) is 0.806. The first-order valence-corrected chi connectivity index (χ1v) is 8.48. The van der Waals surface area contributed by atoms with Crippen LogP contribution in [0.25, 0.3) is 0 Å². The third-order valence-electron chi connectivity index (χ3n) is 3.63. The van der Waals surface area contributed by atoms with Crippen LogP contribution in [0.15, 0.2) is 42.5 Å². The maximum Gasteiger partial charge on any atom is 0.319 e.